The van der Waals surface area contributed by atoms with Gasteiger partial charge in [-0.25, -0.2) is 9.97 Å². The minimum Gasteiger partial charge on any atom is -0.506 e. The highest BCUT2D eigenvalue weighted by Gasteiger charge is 2.24. The minimum absolute atomic E-state index is 0.0501. The Morgan fingerprint density at radius 1 is 1.18 bits per heavy atom. The predicted molar refractivity (Wildman–Crippen MR) is 59.8 cm³/mol. The lowest BCUT2D eigenvalue weighted by atomic mass is 10.1. The third-order valence-corrected chi connectivity index (χ3v) is 2.34. The zero-order valence-electron chi connectivity index (χ0n) is 8.57. The van der Waals surface area contributed by atoms with Gasteiger partial charge in [0.1, 0.15) is 23.6 Å². The molecular formula is C10H7N6O. The maximum atomic E-state index is 9.38. The first kappa shape index (κ1) is 9.52. The summed E-state index contributed by atoms with van der Waals surface area (Å²) in [5.41, 5.74) is 11.4. The van der Waals surface area contributed by atoms with E-state index in [0.29, 0.717) is 28.5 Å². The van der Waals surface area contributed by atoms with Crippen molar-refractivity contribution in [2.75, 3.05) is 5.73 Å². The highest BCUT2D eigenvalue weighted by Crippen LogP contribution is 2.27. The zero-order valence-corrected chi connectivity index (χ0v) is 8.57. The second-order valence-corrected chi connectivity index (χ2v) is 3.44. The van der Waals surface area contributed by atoms with Crippen molar-refractivity contribution in [3.8, 4) is 5.75 Å². The van der Waals surface area contributed by atoms with Crippen LogP contribution < -0.4 is 11.2 Å². The molecule has 1 aliphatic rings. The SMILES string of the molecule is Nc1ncnc2c1C(c1cncc(O)c1)=N[N]2. The highest BCUT2D eigenvalue weighted by atomic mass is 16.3. The Morgan fingerprint density at radius 3 is 2.88 bits per heavy atom. The molecule has 17 heavy (non-hydrogen) atoms. The van der Waals surface area contributed by atoms with Crippen LogP contribution in [-0.2, 0) is 0 Å². The van der Waals surface area contributed by atoms with Crippen LogP contribution in [0.1, 0.15) is 11.1 Å². The van der Waals surface area contributed by atoms with Gasteiger partial charge in [0.15, 0.2) is 5.82 Å². The Bertz CT molecular complexity index is 624. The van der Waals surface area contributed by atoms with E-state index >= 15 is 0 Å². The summed E-state index contributed by atoms with van der Waals surface area (Å²) in [5.74, 6) is 0.781. The van der Waals surface area contributed by atoms with Crippen LogP contribution in [0.2, 0.25) is 0 Å². The number of hydrogen-bond acceptors (Lipinski definition) is 6. The van der Waals surface area contributed by atoms with Gasteiger partial charge in [-0.15, -0.1) is 10.5 Å². The van der Waals surface area contributed by atoms with Gasteiger partial charge in [-0.05, 0) is 6.07 Å². The first-order valence-electron chi connectivity index (χ1n) is 4.79. The van der Waals surface area contributed by atoms with E-state index in [0.717, 1.165) is 0 Å². The number of hydrogen-bond donors (Lipinski definition) is 2. The van der Waals surface area contributed by atoms with E-state index in [4.69, 9.17) is 5.73 Å². The number of fused-ring (bicyclic) bond motifs is 1. The normalized spacial score (nSPS) is 12.8. The van der Waals surface area contributed by atoms with Crippen LogP contribution in [-0.4, -0.2) is 25.8 Å². The van der Waals surface area contributed by atoms with E-state index in [1.807, 2.05) is 0 Å². The molecule has 7 heteroatoms. The summed E-state index contributed by atoms with van der Waals surface area (Å²) >= 11 is 0. The van der Waals surface area contributed by atoms with Crippen molar-refractivity contribution in [2.45, 2.75) is 0 Å². The number of aromatic hydroxyl groups is 1. The molecule has 0 amide bonds. The number of nitrogens with zero attached hydrogens (tertiary/aromatic N) is 5. The van der Waals surface area contributed by atoms with Crippen molar-refractivity contribution in [3.05, 3.63) is 35.9 Å². The van der Waals surface area contributed by atoms with Crippen LogP contribution >= 0.6 is 0 Å². The fourth-order valence-electron chi connectivity index (χ4n) is 1.60. The molecule has 0 saturated heterocycles. The molecule has 1 aliphatic heterocycles. The van der Waals surface area contributed by atoms with Gasteiger partial charge in [0.25, 0.3) is 0 Å². The fourth-order valence-corrected chi connectivity index (χ4v) is 1.60. The van der Waals surface area contributed by atoms with Crippen molar-refractivity contribution in [1.29, 1.82) is 0 Å². The summed E-state index contributed by atoms with van der Waals surface area (Å²) in [6.45, 7) is 0. The number of rotatable bonds is 1. The van der Waals surface area contributed by atoms with Crippen LogP contribution in [0.4, 0.5) is 11.6 Å². The van der Waals surface area contributed by atoms with Crippen molar-refractivity contribution >= 4 is 17.3 Å². The fraction of sp³-hybridized carbons (Fsp3) is 0. The third kappa shape index (κ3) is 1.44. The molecule has 0 aromatic carbocycles. The minimum atomic E-state index is 0.0501. The van der Waals surface area contributed by atoms with E-state index in [1.54, 1.807) is 6.20 Å². The molecule has 0 bridgehead atoms. The van der Waals surface area contributed by atoms with Crippen LogP contribution in [0.5, 0.6) is 5.75 Å². The first-order chi connectivity index (χ1) is 8.25. The van der Waals surface area contributed by atoms with Crippen LogP contribution in [0.25, 0.3) is 0 Å². The van der Waals surface area contributed by atoms with Gasteiger partial charge >= 0.3 is 0 Å². The van der Waals surface area contributed by atoms with E-state index in [1.165, 1.54) is 18.6 Å². The summed E-state index contributed by atoms with van der Waals surface area (Å²) < 4.78 is 0. The molecule has 0 aliphatic carbocycles. The van der Waals surface area contributed by atoms with Crippen molar-refractivity contribution in [3.63, 3.8) is 0 Å². The molecule has 3 heterocycles. The lowest BCUT2D eigenvalue weighted by Crippen LogP contribution is -2.06. The lowest BCUT2D eigenvalue weighted by molar-refractivity contribution is 0.472. The molecule has 0 atom stereocenters. The molecule has 0 saturated carbocycles. The monoisotopic (exact) mass is 227 g/mol. The zero-order chi connectivity index (χ0) is 11.8. The van der Waals surface area contributed by atoms with Gasteiger partial charge in [-0.2, -0.15) is 0 Å². The molecule has 0 fully saturated rings. The molecule has 0 spiro atoms. The Balaban J connectivity index is 2.15. The van der Waals surface area contributed by atoms with Gasteiger partial charge in [0.05, 0.1) is 11.8 Å². The molecule has 2 aromatic heterocycles. The van der Waals surface area contributed by atoms with Crippen molar-refractivity contribution < 1.29 is 5.11 Å². The first-order valence-corrected chi connectivity index (χ1v) is 4.79. The smallest absolute Gasteiger partial charge is 0.189 e. The summed E-state index contributed by atoms with van der Waals surface area (Å²) in [5, 5.41) is 13.4. The van der Waals surface area contributed by atoms with Gasteiger partial charge in [-0.1, -0.05) is 0 Å². The van der Waals surface area contributed by atoms with Gasteiger partial charge < -0.3 is 10.8 Å². The maximum Gasteiger partial charge on any atom is 0.189 e. The van der Waals surface area contributed by atoms with E-state index in [9.17, 15) is 5.11 Å². The van der Waals surface area contributed by atoms with Crippen LogP contribution in [0.3, 0.4) is 0 Å². The Labute approximate surface area is 96.1 Å². The van der Waals surface area contributed by atoms with Crippen LogP contribution in [0, 0.1) is 0 Å². The number of nitrogens with two attached hydrogens (primary N) is 1. The second kappa shape index (κ2) is 3.41. The molecule has 0 unspecified atom stereocenters. The molecule has 3 N–H and O–H groups in total. The van der Waals surface area contributed by atoms with E-state index in [2.05, 4.69) is 25.5 Å². The quantitative estimate of drug-likeness (QED) is 0.720. The maximum absolute atomic E-state index is 9.38. The molecule has 83 valence electrons. The molecule has 2 aromatic rings. The lowest BCUT2D eigenvalue weighted by Gasteiger charge is -2.03. The molecule has 1 radical (unpaired) electrons. The second-order valence-electron chi connectivity index (χ2n) is 3.44. The predicted octanol–water partition coefficient (Wildman–Crippen LogP) is 0.161. The average molecular weight is 227 g/mol. The van der Waals surface area contributed by atoms with E-state index < -0.39 is 0 Å². The Kier molecular flexibility index (Phi) is 1.91. The topological polar surface area (TPSA) is 111 Å². The Hall–Kier alpha value is -2.70. The van der Waals surface area contributed by atoms with Crippen molar-refractivity contribution in [2.24, 2.45) is 5.10 Å². The van der Waals surface area contributed by atoms with Gasteiger partial charge in [-0.3, -0.25) is 4.98 Å². The summed E-state index contributed by atoms with van der Waals surface area (Å²) in [4.78, 5) is 11.7. The molecular weight excluding hydrogens is 220 g/mol. The molecule has 3 rings (SSSR count). The Morgan fingerprint density at radius 2 is 2.06 bits per heavy atom. The van der Waals surface area contributed by atoms with Gasteiger partial charge in [0.2, 0.25) is 0 Å². The average Bonchev–Trinajstić information content (AvgIpc) is 2.74. The summed E-state index contributed by atoms with van der Waals surface area (Å²) in [7, 11) is 0. The standard InChI is InChI=1S/C10H7N6O/c11-9-7-8(5-1-6(17)3-12-2-5)15-16-10(7)14-4-13-9/h1-4,17H,(H2,11,13,14). The summed E-state index contributed by atoms with van der Waals surface area (Å²) in [6, 6.07) is 1.53. The molecule has 7 nitrogen and oxygen atoms in total. The largest absolute Gasteiger partial charge is 0.506 e. The number of nitrogen functional groups attached to an aromatic ring is 1. The number of anilines is 1. The van der Waals surface area contributed by atoms with E-state index in [-0.39, 0.29) is 5.75 Å². The van der Waals surface area contributed by atoms with Crippen molar-refractivity contribution in [1.82, 2.24) is 20.4 Å². The third-order valence-electron chi connectivity index (χ3n) is 2.34. The summed E-state index contributed by atoms with van der Waals surface area (Å²) in [6.07, 6.45) is 4.23. The number of aromatic nitrogens is 3. The van der Waals surface area contributed by atoms with Crippen LogP contribution in [0.15, 0.2) is 29.9 Å². The van der Waals surface area contributed by atoms with Gasteiger partial charge in [0, 0.05) is 11.8 Å². The highest BCUT2D eigenvalue weighted by molar-refractivity contribution is 6.19. The number of pyridine rings is 1.